The third-order valence-electron chi connectivity index (χ3n) is 4.46. The van der Waals surface area contributed by atoms with Gasteiger partial charge in [0.1, 0.15) is 5.75 Å². The van der Waals surface area contributed by atoms with Crippen LogP contribution in [0.3, 0.4) is 0 Å². The van der Waals surface area contributed by atoms with Crippen molar-refractivity contribution in [1.29, 1.82) is 0 Å². The molecule has 20 heavy (non-hydrogen) atoms. The Labute approximate surface area is 125 Å². The monoisotopic (exact) mass is 276 g/mol. The summed E-state index contributed by atoms with van der Waals surface area (Å²) in [6.07, 6.45) is 10.2. The highest BCUT2D eigenvalue weighted by Crippen LogP contribution is 2.38. The third kappa shape index (κ3) is 5.19. The van der Waals surface area contributed by atoms with E-state index in [1.165, 1.54) is 56.9 Å². The Balaban J connectivity index is 2.80. The largest absolute Gasteiger partial charge is 0.508 e. The number of hydrogen-bond acceptors (Lipinski definition) is 1. The highest BCUT2D eigenvalue weighted by atomic mass is 16.3. The number of phenolic OH excluding ortho intramolecular Hbond substituents is 1. The molecule has 0 saturated heterocycles. The molecule has 1 nitrogen and oxygen atoms in total. The zero-order valence-electron chi connectivity index (χ0n) is 13.6. The van der Waals surface area contributed by atoms with Crippen molar-refractivity contribution in [2.24, 2.45) is 5.92 Å². The van der Waals surface area contributed by atoms with Gasteiger partial charge in [-0.1, -0.05) is 83.9 Å². The van der Waals surface area contributed by atoms with Crippen molar-refractivity contribution in [2.45, 2.75) is 78.1 Å². The fourth-order valence-corrected chi connectivity index (χ4v) is 3.30. The Hall–Kier alpha value is -0.980. The van der Waals surface area contributed by atoms with Gasteiger partial charge in [0.2, 0.25) is 0 Å². The van der Waals surface area contributed by atoms with Crippen LogP contribution in [-0.2, 0) is 0 Å². The maximum atomic E-state index is 10.2. The van der Waals surface area contributed by atoms with Crippen LogP contribution in [0, 0.1) is 5.92 Å². The normalized spacial score (nSPS) is 14.2. The van der Waals surface area contributed by atoms with Gasteiger partial charge in [-0.3, -0.25) is 0 Å². The molecule has 1 aromatic rings. The fraction of sp³-hybridized carbons (Fsp3) is 0.684. The lowest BCUT2D eigenvalue weighted by Crippen LogP contribution is -2.13. The van der Waals surface area contributed by atoms with Gasteiger partial charge >= 0.3 is 0 Å². The Morgan fingerprint density at radius 2 is 1.65 bits per heavy atom. The van der Waals surface area contributed by atoms with Crippen LogP contribution < -0.4 is 0 Å². The second-order valence-corrected chi connectivity index (χ2v) is 5.97. The quantitative estimate of drug-likeness (QED) is 0.499. The molecule has 0 saturated carbocycles. The summed E-state index contributed by atoms with van der Waals surface area (Å²) in [6, 6.07) is 7.95. The van der Waals surface area contributed by atoms with E-state index in [9.17, 15) is 5.11 Å². The molecule has 0 heterocycles. The number of aromatic hydroxyl groups is 1. The van der Waals surface area contributed by atoms with E-state index in [4.69, 9.17) is 0 Å². The Morgan fingerprint density at radius 1 is 0.900 bits per heavy atom. The van der Waals surface area contributed by atoms with Crippen molar-refractivity contribution in [3.05, 3.63) is 29.8 Å². The van der Waals surface area contributed by atoms with Crippen LogP contribution in [0.4, 0.5) is 0 Å². The van der Waals surface area contributed by atoms with Gasteiger partial charge in [0, 0.05) is 0 Å². The van der Waals surface area contributed by atoms with Crippen LogP contribution in [0.2, 0.25) is 0 Å². The second kappa shape index (κ2) is 9.85. The number of rotatable bonds is 10. The smallest absolute Gasteiger partial charge is 0.119 e. The Bertz CT molecular complexity index is 359. The number of para-hydroxylation sites is 1. The Morgan fingerprint density at radius 3 is 2.25 bits per heavy atom. The van der Waals surface area contributed by atoms with E-state index in [1.807, 2.05) is 12.1 Å². The molecule has 1 aromatic carbocycles. The molecular formula is C19H32O. The third-order valence-corrected chi connectivity index (χ3v) is 4.46. The van der Waals surface area contributed by atoms with Crippen molar-refractivity contribution in [3.8, 4) is 5.75 Å². The molecule has 0 aromatic heterocycles. The first-order valence-electron chi connectivity index (χ1n) is 8.52. The zero-order chi connectivity index (χ0) is 14.8. The molecule has 1 heteroatoms. The molecule has 1 rings (SSSR count). The van der Waals surface area contributed by atoms with E-state index in [-0.39, 0.29) is 0 Å². The van der Waals surface area contributed by atoms with Crippen LogP contribution in [0.1, 0.15) is 83.6 Å². The average molecular weight is 276 g/mol. The van der Waals surface area contributed by atoms with E-state index in [0.29, 0.717) is 17.6 Å². The second-order valence-electron chi connectivity index (χ2n) is 5.97. The minimum Gasteiger partial charge on any atom is -0.508 e. The summed E-state index contributed by atoms with van der Waals surface area (Å²) in [5.74, 6) is 1.72. The molecule has 0 aliphatic carbocycles. The maximum absolute atomic E-state index is 10.2. The summed E-state index contributed by atoms with van der Waals surface area (Å²) in [5.41, 5.74) is 1.17. The lowest BCUT2D eigenvalue weighted by molar-refractivity contribution is 0.342. The lowest BCUT2D eigenvalue weighted by atomic mass is 9.78. The van der Waals surface area contributed by atoms with E-state index >= 15 is 0 Å². The maximum Gasteiger partial charge on any atom is 0.119 e. The van der Waals surface area contributed by atoms with E-state index in [0.717, 1.165) is 0 Å². The molecule has 2 atom stereocenters. The van der Waals surface area contributed by atoms with Crippen molar-refractivity contribution in [2.75, 3.05) is 0 Å². The predicted molar refractivity (Wildman–Crippen MR) is 88.3 cm³/mol. The molecule has 0 aliphatic heterocycles. The van der Waals surface area contributed by atoms with Crippen LogP contribution in [-0.4, -0.2) is 5.11 Å². The van der Waals surface area contributed by atoms with Crippen LogP contribution in [0.5, 0.6) is 5.75 Å². The van der Waals surface area contributed by atoms with Crippen LogP contribution in [0.15, 0.2) is 24.3 Å². The van der Waals surface area contributed by atoms with E-state index in [2.05, 4.69) is 32.9 Å². The highest BCUT2D eigenvalue weighted by Gasteiger charge is 2.23. The molecule has 2 unspecified atom stereocenters. The SMILES string of the molecule is CCCCCCC(c1ccccc1O)C(CC)CCC. The van der Waals surface area contributed by atoms with E-state index < -0.39 is 0 Å². The summed E-state index contributed by atoms with van der Waals surface area (Å²) < 4.78 is 0. The van der Waals surface area contributed by atoms with Gasteiger partial charge in [-0.05, 0) is 29.9 Å². The Kier molecular flexibility index (Phi) is 8.41. The van der Waals surface area contributed by atoms with Gasteiger partial charge in [0.05, 0.1) is 0 Å². The average Bonchev–Trinajstić information content (AvgIpc) is 2.47. The summed E-state index contributed by atoms with van der Waals surface area (Å²) in [7, 11) is 0. The molecule has 114 valence electrons. The summed E-state index contributed by atoms with van der Waals surface area (Å²) >= 11 is 0. The lowest BCUT2D eigenvalue weighted by Gasteiger charge is -2.27. The van der Waals surface area contributed by atoms with Gasteiger partial charge in [0.15, 0.2) is 0 Å². The first-order valence-corrected chi connectivity index (χ1v) is 8.52. The number of unbranched alkanes of at least 4 members (excludes halogenated alkanes) is 3. The van der Waals surface area contributed by atoms with E-state index in [1.54, 1.807) is 0 Å². The minimum absolute atomic E-state index is 0.488. The van der Waals surface area contributed by atoms with Crippen molar-refractivity contribution in [1.82, 2.24) is 0 Å². The molecule has 0 fully saturated rings. The first-order chi connectivity index (χ1) is 9.74. The minimum atomic E-state index is 0.488. The summed E-state index contributed by atoms with van der Waals surface area (Å²) in [5, 5.41) is 10.2. The molecule has 0 aliphatic rings. The van der Waals surface area contributed by atoms with Crippen molar-refractivity contribution in [3.63, 3.8) is 0 Å². The van der Waals surface area contributed by atoms with Gasteiger partial charge in [-0.2, -0.15) is 0 Å². The van der Waals surface area contributed by atoms with Crippen LogP contribution in [0.25, 0.3) is 0 Å². The van der Waals surface area contributed by atoms with Crippen molar-refractivity contribution >= 4 is 0 Å². The predicted octanol–water partition coefficient (Wildman–Crippen LogP) is 6.27. The van der Waals surface area contributed by atoms with Crippen molar-refractivity contribution < 1.29 is 5.11 Å². The topological polar surface area (TPSA) is 20.2 Å². The molecule has 0 spiro atoms. The summed E-state index contributed by atoms with van der Waals surface area (Å²) in [6.45, 7) is 6.81. The highest BCUT2D eigenvalue weighted by molar-refractivity contribution is 5.35. The first kappa shape index (κ1) is 17.1. The number of hydrogen-bond donors (Lipinski definition) is 1. The molecule has 0 amide bonds. The van der Waals surface area contributed by atoms with Gasteiger partial charge in [-0.25, -0.2) is 0 Å². The number of benzene rings is 1. The van der Waals surface area contributed by atoms with Gasteiger partial charge in [-0.15, -0.1) is 0 Å². The van der Waals surface area contributed by atoms with Gasteiger partial charge in [0.25, 0.3) is 0 Å². The molecule has 0 radical (unpaired) electrons. The molecule has 0 bridgehead atoms. The number of phenols is 1. The molecular weight excluding hydrogens is 244 g/mol. The van der Waals surface area contributed by atoms with Crippen LogP contribution >= 0.6 is 0 Å². The van der Waals surface area contributed by atoms with Gasteiger partial charge < -0.3 is 5.11 Å². The summed E-state index contributed by atoms with van der Waals surface area (Å²) in [4.78, 5) is 0. The fourth-order valence-electron chi connectivity index (χ4n) is 3.30. The zero-order valence-corrected chi connectivity index (χ0v) is 13.6. The standard InChI is InChI=1S/C19H32O/c1-4-7-8-9-13-17(16(6-3)12-5-2)18-14-10-11-15-19(18)20/h10-11,14-17,20H,4-9,12-13H2,1-3H3. The molecule has 1 N–H and O–H groups in total.